The molecule has 3 rings (SSSR count). The first kappa shape index (κ1) is 17.5. The quantitative estimate of drug-likeness (QED) is 0.663. The third-order valence-corrected chi connectivity index (χ3v) is 3.88. The fraction of sp³-hybridized carbons (Fsp3) is 0.143. The molecule has 0 bridgehead atoms. The number of hydrogen-bond donors (Lipinski definition) is 1. The summed E-state index contributed by atoms with van der Waals surface area (Å²) in [5.41, 5.74) is 2.09. The Labute approximate surface area is 151 Å². The van der Waals surface area contributed by atoms with Gasteiger partial charge in [-0.25, -0.2) is 4.79 Å². The minimum absolute atomic E-state index is 0.0710. The number of rotatable bonds is 7. The lowest BCUT2D eigenvalue weighted by Gasteiger charge is -2.19. The first-order valence-electron chi connectivity index (χ1n) is 8.31. The Morgan fingerprint density at radius 1 is 0.923 bits per heavy atom. The van der Waals surface area contributed by atoms with E-state index in [0.717, 1.165) is 11.1 Å². The number of hydrogen-bond acceptors (Lipinski definition) is 4. The number of carbonyl (C=O) groups is 2. The maximum atomic E-state index is 12.3. The molecule has 132 valence electrons. The van der Waals surface area contributed by atoms with E-state index in [1.165, 1.54) is 12.3 Å². The predicted molar refractivity (Wildman–Crippen MR) is 96.5 cm³/mol. The Balaban J connectivity index is 1.63. The Bertz CT molecular complexity index is 829. The van der Waals surface area contributed by atoms with Gasteiger partial charge >= 0.3 is 5.97 Å². The molecule has 0 unspecified atom stereocenters. The summed E-state index contributed by atoms with van der Waals surface area (Å²) in [7, 11) is 0. The largest absolute Gasteiger partial charge is 0.457 e. The normalized spacial score (nSPS) is 11.5. The van der Waals surface area contributed by atoms with E-state index >= 15 is 0 Å². The number of furan rings is 1. The smallest absolute Gasteiger partial charge is 0.374 e. The summed E-state index contributed by atoms with van der Waals surface area (Å²) in [5, 5.41) is 2.94. The van der Waals surface area contributed by atoms with Crippen LogP contribution in [0.2, 0.25) is 0 Å². The zero-order valence-electron chi connectivity index (χ0n) is 14.1. The highest BCUT2D eigenvalue weighted by molar-refractivity contribution is 5.88. The number of ether oxygens (including phenoxy) is 1. The zero-order valence-corrected chi connectivity index (χ0v) is 14.1. The number of nitrogens with one attached hydrogen (secondary N) is 1. The van der Waals surface area contributed by atoms with E-state index in [2.05, 4.69) is 5.32 Å². The molecular weight excluding hydrogens is 330 g/mol. The third kappa shape index (κ3) is 4.83. The van der Waals surface area contributed by atoms with Crippen LogP contribution in [0.1, 0.15) is 27.7 Å². The van der Waals surface area contributed by atoms with Crippen molar-refractivity contribution < 1.29 is 18.7 Å². The van der Waals surface area contributed by atoms with Crippen LogP contribution in [-0.2, 0) is 16.0 Å². The second kappa shape index (κ2) is 8.67. The van der Waals surface area contributed by atoms with Crippen LogP contribution >= 0.6 is 0 Å². The molecule has 5 heteroatoms. The van der Waals surface area contributed by atoms with Crippen molar-refractivity contribution in [2.24, 2.45) is 0 Å². The van der Waals surface area contributed by atoms with Crippen LogP contribution in [0.25, 0.3) is 0 Å². The van der Waals surface area contributed by atoms with Crippen molar-refractivity contribution in [3.05, 3.63) is 95.9 Å². The highest BCUT2D eigenvalue weighted by Crippen LogP contribution is 2.18. The molecule has 0 aliphatic carbocycles. The van der Waals surface area contributed by atoms with E-state index in [1.807, 2.05) is 60.7 Å². The van der Waals surface area contributed by atoms with Crippen molar-refractivity contribution in [1.82, 2.24) is 5.32 Å². The molecule has 3 aromatic rings. The molecule has 0 aliphatic heterocycles. The van der Waals surface area contributed by atoms with E-state index < -0.39 is 5.97 Å². The molecule has 2 aromatic carbocycles. The number of benzene rings is 2. The molecule has 0 aliphatic rings. The summed E-state index contributed by atoms with van der Waals surface area (Å²) in [5.74, 6) is -0.958. The van der Waals surface area contributed by atoms with E-state index in [1.54, 1.807) is 6.07 Å². The first-order chi connectivity index (χ1) is 12.7. The van der Waals surface area contributed by atoms with Crippen molar-refractivity contribution >= 4 is 11.9 Å². The summed E-state index contributed by atoms with van der Waals surface area (Å²) in [6.07, 6.45) is 2.02. The van der Waals surface area contributed by atoms with Gasteiger partial charge in [0.15, 0.2) is 6.61 Å². The van der Waals surface area contributed by atoms with Gasteiger partial charge in [0, 0.05) is 0 Å². The maximum absolute atomic E-state index is 12.3. The molecule has 1 amide bonds. The Hall–Kier alpha value is -3.34. The van der Waals surface area contributed by atoms with Crippen molar-refractivity contribution in [3.8, 4) is 0 Å². The number of esters is 1. The molecule has 0 fully saturated rings. The monoisotopic (exact) mass is 349 g/mol. The van der Waals surface area contributed by atoms with Crippen molar-refractivity contribution in [1.29, 1.82) is 0 Å². The van der Waals surface area contributed by atoms with Gasteiger partial charge in [0.25, 0.3) is 5.91 Å². The second-order valence-corrected chi connectivity index (χ2v) is 5.77. The van der Waals surface area contributed by atoms with Gasteiger partial charge in [-0.1, -0.05) is 60.7 Å². The topological polar surface area (TPSA) is 68.5 Å². The summed E-state index contributed by atoms with van der Waals surface area (Å²) in [4.78, 5) is 24.0. The average molecular weight is 349 g/mol. The minimum Gasteiger partial charge on any atom is -0.457 e. The van der Waals surface area contributed by atoms with E-state index in [0.29, 0.717) is 6.42 Å². The lowest BCUT2D eigenvalue weighted by Crippen LogP contribution is -2.33. The van der Waals surface area contributed by atoms with Gasteiger partial charge in [0.05, 0.1) is 12.3 Å². The molecule has 1 heterocycles. The van der Waals surface area contributed by atoms with E-state index in [4.69, 9.17) is 9.15 Å². The van der Waals surface area contributed by atoms with Crippen molar-refractivity contribution in [2.75, 3.05) is 6.61 Å². The summed E-state index contributed by atoms with van der Waals surface area (Å²) < 4.78 is 9.94. The molecule has 0 spiro atoms. The van der Waals surface area contributed by atoms with Crippen LogP contribution in [0, 0.1) is 0 Å². The minimum atomic E-state index is -0.663. The Morgan fingerprint density at radius 3 is 2.27 bits per heavy atom. The van der Waals surface area contributed by atoms with E-state index in [-0.39, 0.29) is 24.3 Å². The highest BCUT2D eigenvalue weighted by Gasteiger charge is 2.17. The Kier molecular flexibility index (Phi) is 5.83. The van der Waals surface area contributed by atoms with E-state index in [9.17, 15) is 9.59 Å². The molecule has 1 atom stereocenters. The van der Waals surface area contributed by atoms with Crippen LogP contribution in [-0.4, -0.2) is 18.5 Å². The second-order valence-electron chi connectivity index (χ2n) is 5.77. The summed E-state index contributed by atoms with van der Waals surface area (Å²) >= 11 is 0. The fourth-order valence-electron chi connectivity index (χ4n) is 2.62. The van der Waals surface area contributed by atoms with Gasteiger partial charge in [0.2, 0.25) is 5.76 Å². The number of carbonyl (C=O) groups excluding carboxylic acids is 2. The van der Waals surface area contributed by atoms with Gasteiger partial charge in [-0.2, -0.15) is 0 Å². The van der Waals surface area contributed by atoms with Gasteiger partial charge in [-0.05, 0) is 29.7 Å². The SMILES string of the molecule is O=C(COC(=O)c1ccco1)N[C@@H](Cc1ccccc1)c1ccccc1. The number of amides is 1. The lowest BCUT2D eigenvalue weighted by atomic mass is 9.99. The van der Waals surface area contributed by atoms with Crippen LogP contribution < -0.4 is 5.32 Å². The summed E-state index contributed by atoms with van der Waals surface area (Å²) in [6, 6.07) is 22.5. The molecule has 1 N–H and O–H groups in total. The predicted octanol–water partition coefficient (Wildman–Crippen LogP) is 3.54. The van der Waals surface area contributed by atoms with Crippen LogP contribution in [0.15, 0.2) is 83.5 Å². The highest BCUT2D eigenvalue weighted by atomic mass is 16.5. The molecule has 0 saturated heterocycles. The zero-order chi connectivity index (χ0) is 18.2. The van der Waals surface area contributed by atoms with Crippen LogP contribution in [0.3, 0.4) is 0 Å². The van der Waals surface area contributed by atoms with Gasteiger partial charge in [-0.3, -0.25) is 4.79 Å². The standard InChI is InChI=1S/C21H19NO4/c23-20(15-26-21(24)19-12-7-13-25-19)22-18(17-10-5-2-6-11-17)14-16-8-3-1-4-9-16/h1-13,18H,14-15H2,(H,22,23)/t18-/m0/s1. The third-order valence-electron chi connectivity index (χ3n) is 3.88. The van der Waals surface area contributed by atoms with Gasteiger partial charge < -0.3 is 14.5 Å². The average Bonchev–Trinajstić information content (AvgIpc) is 3.22. The van der Waals surface area contributed by atoms with Crippen LogP contribution in [0.4, 0.5) is 0 Å². The molecule has 26 heavy (non-hydrogen) atoms. The molecular formula is C21H19NO4. The molecule has 1 aromatic heterocycles. The van der Waals surface area contributed by atoms with Gasteiger partial charge in [-0.15, -0.1) is 0 Å². The lowest BCUT2D eigenvalue weighted by molar-refractivity contribution is -0.125. The fourth-order valence-corrected chi connectivity index (χ4v) is 2.62. The van der Waals surface area contributed by atoms with Gasteiger partial charge in [0.1, 0.15) is 0 Å². The summed E-state index contributed by atoms with van der Waals surface area (Å²) in [6.45, 7) is -0.363. The Morgan fingerprint density at radius 2 is 1.62 bits per heavy atom. The molecule has 0 saturated carbocycles. The maximum Gasteiger partial charge on any atom is 0.374 e. The van der Waals surface area contributed by atoms with Crippen molar-refractivity contribution in [3.63, 3.8) is 0 Å². The first-order valence-corrected chi connectivity index (χ1v) is 8.31. The molecule has 5 nitrogen and oxygen atoms in total. The van der Waals surface area contributed by atoms with Crippen molar-refractivity contribution in [2.45, 2.75) is 12.5 Å². The van der Waals surface area contributed by atoms with Crippen LogP contribution in [0.5, 0.6) is 0 Å². The molecule has 0 radical (unpaired) electrons.